The van der Waals surface area contributed by atoms with Crippen molar-refractivity contribution in [3.63, 3.8) is 0 Å². The van der Waals surface area contributed by atoms with Crippen LogP contribution in [-0.2, 0) is 6.54 Å². The van der Waals surface area contributed by atoms with Crippen molar-refractivity contribution in [3.05, 3.63) is 35.2 Å². The van der Waals surface area contributed by atoms with E-state index >= 15 is 0 Å². The number of aromatic nitrogens is 3. The van der Waals surface area contributed by atoms with Crippen LogP contribution in [0.15, 0.2) is 28.7 Å². The van der Waals surface area contributed by atoms with Gasteiger partial charge in [0.2, 0.25) is 0 Å². The molecule has 1 aliphatic heterocycles. The Bertz CT molecular complexity index is 783. The van der Waals surface area contributed by atoms with E-state index in [1.165, 1.54) is 11.3 Å². The molecule has 1 atom stereocenters. The summed E-state index contributed by atoms with van der Waals surface area (Å²) in [5.74, 6) is 1.19. The molecule has 4 rings (SSSR count). The van der Waals surface area contributed by atoms with Crippen molar-refractivity contribution in [2.24, 2.45) is 0 Å². The average molecular weight is 344 g/mol. The number of rotatable bonds is 5. The first-order valence-electron chi connectivity index (χ1n) is 8.35. The Morgan fingerprint density at radius 3 is 3.12 bits per heavy atom. The minimum atomic E-state index is 0.338. The van der Waals surface area contributed by atoms with Gasteiger partial charge in [0.15, 0.2) is 11.5 Å². The largest absolute Gasteiger partial charge is 0.469 e. The highest BCUT2D eigenvalue weighted by Gasteiger charge is 2.26. The number of ether oxygens (including phenoxy) is 1. The molecule has 1 aromatic carbocycles. The van der Waals surface area contributed by atoms with Crippen LogP contribution in [-0.4, -0.2) is 39.8 Å². The third-order valence-corrected chi connectivity index (χ3v) is 5.06. The van der Waals surface area contributed by atoms with Crippen molar-refractivity contribution in [2.75, 3.05) is 19.7 Å². The number of oxazole rings is 1. The van der Waals surface area contributed by atoms with Crippen LogP contribution >= 0.6 is 11.3 Å². The number of hydrogen-bond donors (Lipinski definition) is 0. The molecule has 0 radical (unpaired) electrons. The average Bonchev–Trinajstić information content (AvgIpc) is 3.22. The van der Waals surface area contributed by atoms with Crippen molar-refractivity contribution < 1.29 is 9.15 Å². The molecule has 0 spiro atoms. The lowest BCUT2D eigenvalue weighted by molar-refractivity contribution is 0.187. The van der Waals surface area contributed by atoms with Crippen LogP contribution in [0.25, 0.3) is 11.1 Å². The molecule has 1 fully saturated rings. The summed E-state index contributed by atoms with van der Waals surface area (Å²) in [6.45, 7) is 5.40. The van der Waals surface area contributed by atoms with Crippen LogP contribution < -0.4 is 4.74 Å². The molecule has 6 nitrogen and oxygen atoms in total. The molecule has 0 N–H and O–H groups in total. The molecule has 0 amide bonds. The topological polar surface area (TPSA) is 64.3 Å². The number of benzene rings is 1. The Hall–Kier alpha value is -1.99. The summed E-state index contributed by atoms with van der Waals surface area (Å²) < 4.78 is 11.4. The van der Waals surface area contributed by atoms with E-state index < -0.39 is 0 Å². The highest BCUT2D eigenvalue weighted by atomic mass is 32.1. The third kappa shape index (κ3) is 3.27. The van der Waals surface area contributed by atoms with Gasteiger partial charge < -0.3 is 9.15 Å². The van der Waals surface area contributed by atoms with E-state index in [9.17, 15) is 0 Å². The van der Waals surface area contributed by atoms with E-state index in [0.717, 1.165) is 54.5 Å². The second-order valence-electron chi connectivity index (χ2n) is 5.99. The maximum absolute atomic E-state index is 5.96. The summed E-state index contributed by atoms with van der Waals surface area (Å²) in [4.78, 5) is 7.07. The first kappa shape index (κ1) is 15.5. The van der Waals surface area contributed by atoms with Gasteiger partial charge in [-0.05, 0) is 38.4 Å². The molecular weight excluding hydrogens is 324 g/mol. The molecule has 2 aromatic heterocycles. The Kier molecular flexibility index (Phi) is 4.44. The minimum Gasteiger partial charge on any atom is -0.469 e. The second-order valence-corrected chi connectivity index (χ2v) is 7.01. The summed E-state index contributed by atoms with van der Waals surface area (Å²) in [6, 6.07) is 7.95. The van der Waals surface area contributed by atoms with Crippen molar-refractivity contribution in [2.45, 2.75) is 32.2 Å². The summed E-state index contributed by atoms with van der Waals surface area (Å²) in [5.41, 5.74) is 1.81. The molecule has 7 heteroatoms. The molecule has 3 heterocycles. The number of fused-ring (bicyclic) bond motifs is 1. The Balaban J connectivity index is 1.44. The highest BCUT2D eigenvalue weighted by Crippen LogP contribution is 2.30. The van der Waals surface area contributed by atoms with Gasteiger partial charge in [-0.25, -0.2) is 4.98 Å². The molecule has 24 heavy (non-hydrogen) atoms. The molecule has 126 valence electrons. The molecule has 1 unspecified atom stereocenters. The second kappa shape index (κ2) is 6.86. The number of para-hydroxylation sites is 2. The van der Waals surface area contributed by atoms with Gasteiger partial charge in [0.05, 0.1) is 13.2 Å². The van der Waals surface area contributed by atoms with Gasteiger partial charge in [0.1, 0.15) is 10.5 Å². The Morgan fingerprint density at radius 2 is 2.25 bits per heavy atom. The van der Waals surface area contributed by atoms with Gasteiger partial charge in [-0.1, -0.05) is 23.5 Å². The van der Waals surface area contributed by atoms with Gasteiger partial charge in [0, 0.05) is 12.5 Å². The summed E-state index contributed by atoms with van der Waals surface area (Å²) >= 11 is 1.53. The molecular formula is C17H20N4O2S. The number of nitrogens with zero attached hydrogens (tertiary/aromatic N) is 4. The summed E-state index contributed by atoms with van der Waals surface area (Å²) in [6.07, 6.45) is 2.25. The number of likely N-dealkylation sites (tertiary alicyclic amines) is 1. The summed E-state index contributed by atoms with van der Waals surface area (Å²) in [7, 11) is 0. The Morgan fingerprint density at radius 1 is 1.33 bits per heavy atom. The van der Waals surface area contributed by atoms with Crippen molar-refractivity contribution in [3.8, 4) is 5.19 Å². The van der Waals surface area contributed by atoms with Gasteiger partial charge in [0.25, 0.3) is 5.19 Å². The fourth-order valence-corrected chi connectivity index (χ4v) is 3.93. The number of piperidine rings is 1. The molecule has 0 saturated carbocycles. The van der Waals surface area contributed by atoms with Crippen LogP contribution in [0.1, 0.15) is 36.6 Å². The monoisotopic (exact) mass is 344 g/mol. The van der Waals surface area contributed by atoms with Crippen LogP contribution in [0.5, 0.6) is 5.19 Å². The van der Waals surface area contributed by atoms with Crippen LogP contribution in [0.2, 0.25) is 0 Å². The minimum absolute atomic E-state index is 0.338. The fourth-order valence-electron chi connectivity index (χ4n) is 3.14. The zero-order valence-corrected chi connectivity index (χ0v) is 14.5. The van der Waals surface area contributed by atoms with Gasteiger partial charge in [-0.2, -0.15) is 0 Å². The van der Waals surface area contributed by atoms with E-state index in [-0.39, 0.29) is 0 Å². The van der Waals surface area contributed by atoms with Crippen molar-refractivity contribution in [1.29, 1.82) is 0 Å². The third-order valence-electron chi connectivity index (χ3n) is 4.24. The van der Waals surface area contributed by atoms with E-state index in [2.05, 4.69) is 20.1 Å². The molecule has 3 aromatic rings. The first-order chi connectivity index (χ1) is 11.8. The zero-order chi connectivity index (χ0) is 16.4. The predicted octanol–water partition coefficient (Wildman–Crippen LogP) is 3.46. The molecule has 1 saturated heterocycles. The maximum Gasteiger partial charge on any atom is 0.294 e. The van der Waals surface area contributed by atoms with Crippen molar-refractivity contribution >= 4 is 22.4 Å². The fraction of sp³-hybridized carbons (Fsp3) is 0.471. The van der Waals surface area contributed by atoms with Gasteiger partial charge in [-0.15, -0.1) is 10.2 Å². The normalized spacial score (nSPS) is 19.0. The smallest absolute Gasteiger partial charge is 0.294 e. The lowest BCUT2D eigenvalue weighted by atomic mass is 9.98. The summed E-state index contributed by atoms with van der Waals surface area (Å²) in [5, 5.41) is 9.94. The van der Waals surface area contributed by atoms with Crippen LogP contribution in [0, 0.1) is 0 Å². The van der Waals surface area contributed by atoms with Crippen LogP contribution in [0.4, 0.5) is 0 Å². The van der Waals surface area contributed by atoms with Gasteiger partial charge >= 0.3 is 0 Å². The number of hydrogen-bond acceptors (Lipinski definition) is 7. The lowest BCUT2D eigenvalue weighted by Gasteiger charge is -2.30. The van der Waals surface area contributed by atoms with Gasteiger partial charge in [-0.3, -0.25) is 4.90 Å². The van der Waals surface area contributed by atoms with Crippen LogP contribution in [0.3, 0.4) is 0 Å². The highest BCUT2D eigenvalue weighted by molar-refractivity contribution is 7.13. The zero-order valence-electron chi connectivity index (χ0n) is 13.6. The maximum atomic E-state index is 5.96. The predicted molar refractivity (Wildman–Crippen MR) is 92.3 cm³/mol. The van der Waals surface area contributed by atoms with Crippen molar-refractivity contribution in [1.82, 2.24) is 20.1 Å². The standard InChI is InChI=1S/C17H20N4O2S/c1-2-22-17-20-19-15(24-17)11-21-9-5-6-12(10-21)16-18-13-7-3-4-8-14(13)23-16/h3-4,7-8,12H,2,5-6,9-11H2,1H3. The molecule has 0 aliphatic carbocycles. The lowest BCUT2D eigenvalue weighted by Crippen LogP contribution is -2.34. The van der Waals surface area contributed by atoms with E-state index in [0.29, 0.717) is 17.7 Å². The quantitative estimate of drug-likeness (QED) is 0.706. The van der Waals surface area contributed by atoms with E-state index in [1.807, 2.05) is 31.2 Å². The van der Waals surface area contributed by atoms with E-state index in [4.69, 9.17) is 9.15 Å². The molecule has 0 bridgehead atoms. The SMILES string of the molecule is CCOc1nnc(CN2CCCC(c3nc4ccccc4o3)C2)s1. The molecule has 1 aliphatic rings. The van der Waals surface area contributed by atoms with E-state index in [1.54, 1.807) is 0 Å². The Labute approximate surface area is 144 Å². The first-order valence-corrected chi connectivity index (χ1v) is 9.16.